The Kier molecular flexibility index (Phi) is 5.02. The molecule has 1 fully saturated rings. The molecule has 11 heteroatoms. The molecule has 4 atom stereocenters. The lowest BCUT2D eigenvalue weighted by atomic mass is 10.1. The first-order chi connectivity index (χ1) is 11.8. The molecule has 2 aromatic heterocycles. The van der Waals surface area contributed by atoms with Crippen molar-refractivity contribution < 1.29 is 22.8 Å². The van der Waals surface area contributed by atoms with Crippen LogP contribution in [0.25, 0.3) is 11.2 Å². The zero-order chi connectivity index (χ0) is 18.2. The van der Waals surface area contributed by atoms with Crippen LogP contribution in [-0.4, -0.2) is 57.0 Å². The first-order valence-electron chi connectivity index (χ1n) is 8.01. The average molecular weight is 371 g/mol. The van der Waals surface area contributed by atoms with Gasteiger partial charge in [0.1, 0.15) is 17.9 Å². The Labute approximate surface area is 144 Å². The monoisotopic (exact) mass is 371 g/mol. The van der Waals surface area contributed by atoms with E-state index in [0.717, 1.165) is 18.5 Å². The van der Waals surface area contributed by atoms with Crippen molar-refractivity contribution in [2.24, 2.45) is 11.1 Å². The molecule has 0 amide bonds. The van der Waals surface area contributed by atoms with Gasteiger partial charge in [-0.25, -0.2) is 20.1 Å². The lowest BCUT2D eigenvalue weighted by Gasteiger charge is -2.18. The van der Waals surface area contributed by atoms with Gasteiger partial charge in [-0.2, -0.15) is 8.42 Å². The Morgan fingerprint density at radius 1 is 1.32 bits per heavy atom. The van der Waals surface area contributed by atoms with Crippen LogP contribution in [0, 0.1) is 5.92 Å². The molecule has 2 heterocycles. The summed E-state index contributed by atoms with van der Waals surface area (Å²) in [6, 6.07) is -0.501. The van der Waals surface area contributed by atoms with Crippen LogP contribution in [0.15, 0.2) is 12.7 Å². The molecule has 1 unspecified atom stereocenters. The van der Waals surface area contributed by atoms with Crippen LogP contribution < -0.4 is 5.14 Å². The molecule has 0 aliphatic heterocycles. The number of aryl methyl sites for hydroxylation is 1. The van der Waals surface area contributed by atoms with Gasteiger partial charge in [-0.15, -0.1) is 0 Å². The molecule has 1 aliphatic carbocycles. The molecule has 3 rings (SSSR count). The number of hydrogen-bond acceptors (Lipinski definition) is 8. The lowest BCUT2D eigenvalue weighted by Crippen LogP contribution is -2.31. The summed E-state index contributed by atoms with van der Waals surface area (Å²) in [5.41, 5.74) is 2.06. The van der Waals surface area contributed by atoms with E-state index in [0.29, 0.717) is 17.6 Å². The van der Waals surface area contributed by atoms with E-state index in [-0.39, 0.29) is 6.61 Å². The van der Waals surface area contributed by atoms with Crippen molar-refractivity contribution in [3.8, 4) is 0 Å². The smallest absolute Gasteiger partial charge is 0.333 e. The highest BCUT2D eigenvalue weighted by Crippen LogP contribution is 2.37. The summed E-state index contributed by atoms with van der Waals surface area (Å²) in [6.07, 6.45) is 2.74. The maximum Gasteiger partial charge on any atom is 0.333 e. The molecular weight excluding hydrogens is 350 g/mol. The Morgan fingerprint density at radius 2 is 2.08 bits per heavy atom. The molecule has 0 aromatic carbocycles. The summed E-state index contributed by atoms with van der Waals surface area (Å²) >= 11 is 0. The van der Waals surface area contributed by atoms with Crippen molar-refractivity contribution >= 4 is 21.5 Å². The molecule has 2 aromatic rings. The standard InChI is InChI=1S/C14H21N5O5S/c1-2-3-9-11-14(17-6-16-9)19(7-18-11)10-4-8(12(20)13(10)21)5-24-25(15,22)23/h6-8,10,12-13,20-21H,2-5H2,1H3,(H2,15,22,23)/t8?,10-,12-,13+/m1/s1. The van der Waals surface area contributed by atoms with Crippen molar-refractivity contribution in [2.75, 3.05) is 6.61 Å². The third-order valence-electron chi connectivity index (χ3n) is 4.50. The number of nitrogens with two attached hydrogens (primary N) is 1. The van der Waals surface area contributed by atoms with Crippen LogP contribution in [0.1, 0.15) is 31.5 Å². The SMILES string of the molecule is CCCc1ncnc2c1ncn2[C@@H]1CC(COS(N)(=O)=O)[C@@H](O)[C@H]1O. The van der Waals surface area contributed by atoms with Gasteiger partial charge in [-0.1, -0.05) is 13.3 Å². The molecule has 138 valence electrons. The fourth-order valence-corrected chi connectivity index (χ4v) is 3.65. The number of aromatic nitrogens is 4. The Morgan fingerprint density at radius 3 is 2.76 bits per heavy atom. The van der Waals surface area contributed by atoms with Gasteiger partial charge >= 0.3 is 10.3 Å². The van der Waals surface area contributed by atoms with Gasteiger partial charge in [0.05, 0.1) is 30.8 Å². The maximum atomic E-state index is 10.9. The fourth-order valence-electron chi connectivity index (χ4n) is 3.29. The van der Waals surface area contributed by atoms with Gasteiger partial charge in [0.15, 0.2) is 5.65 Å². The highest BCUT2D eigenvalue weighted by atomic mass is 32.2. The summed E-state index contributed by atoms with van der Waals surface area (Å²) in [5, 5.41) is 25.4. The minimum atomic E-state index is -4.10. The van der Waals surface area contributed by atoms with E-state index in [2.05, 4.69) is 19.1 Å². The van der Waals surface area contributed by atoms with Crippen LogP contribution >= 0.6 is 0 Å². The summed E-state index contributed by atoms with van der Waals surface area (Å²) in [5.74, 6) is -0.576. The van der Waals surface area contributed by atoms with E-state index in [4.69, 9.17) is 5.14 Å². The summed E-state index contributed by atoms with van der Waals surface area (Å²) < 4.78 is 28.1. The first-order valence-corrected chi connectivity index (χ1v) is 9.48. The highest BCUT2D eigenvalue weighted by Gasteiger charge is 2.43. The first kappa shape index (κ1) is 18.1. The van der Waals surface area contributed by atoms with Crippen LogP contribution in [-0.2, 0) is 20.9 Å². The summed E-state index contributed by atoms with van der Waals surface area (Å²) in [7, 11) is -4.10. The number of rotatable bonds is 6. The van der Waals surface area contributed by atoms with Gasteiger partial charge in [-0.3, -0.25) is 4.18 Å². The number of aliphatic hydroxyl groups excluding tert-OH is 2. The molecule has 1 aliphatic rings. The molecular formula is C14H21N5O5S. The molecule has 4 N–H and O–H groups in total. The van der Waals surface area contributed by atoms with Gasteiger partial charge in [-0.05, 0) is 12.8 Å². The van der Waals surface area contributed by atoms with Gasteiger partial charge in [0, 0.05) is 5.92 Å². The minimum absolute atomic E-state index is 0.295. The molecule has 10 nitrogen and oxygen atoms in total. The largest absolute Gasteiger partial charge is 0.390 e. The molecule has 0 radical (unpaired) electrons. The molecule has 0 spiro atoms. The maximum absolute atomic E-state index is 10.9. The van der Waals surface area contributed by atoms with E-state index in [1.807, 2.05) is 6.92 Å². The van der Waals surface area contributed by atoms with Crippen LogP contribution in [0.5, 0.6) is 0 Å². The lowest BCUT2D eigenvalue weighted by molar-refractivity contribution is -0.000990. The minimum Gasteiger partial charge on any atom is -0.390 e. The van der Waals surface area contributed by atoms with Crippen molar-refractivity contribution in [3.63, 3.8) is 0 Å². The van der Waals surface area contributed by atoms with Gasteiger partial charge in [0.25, 0.3) is 0 Å². The average Bonchev–Trinajstić information content (AvgIpc) is 3.09. The van der Waals surface area contributed by atoms with Crippen molar-refractivity contribution in [3.05, 3.63) is 18.3 Å². The quantitative estimate of drug-likeness (QED) is 0.601. The Hall–Kier alpha value is -1.66. The van der Waals surface area contributed by atoms with Crippen LogP contribution in [0.2, 0.25) is 0 Å². The summed E-state index contributed by atoms with van der Waals surface area (Å²) in [6.45, 7) is 1.74. The second kappa shape index (κ2) is 6.92. The van der Waals surface area contributed by atoms with Crippen LogP contribution in [0.3, 0.4) is 0 Å². The number of fused-ring (bicyclic) bond motifs is 1. The van der Waals surface area contributed by atoms with Crippen molar-refractivity contribution in [1.82, 2.24) is 19.5 Å². The Bertz CT molecular complexity index is 854. The zero-order valence-electron chi connectivity index (χ0n) is 13.7. The third kappa shape index (κ3) is 3.65. The van der Waals surface area contributed by atoms with E-state index in [1.54, 1.807) is 10.9 Å². The zero-order valence-corrected chi connectivity index (χ0v) is 14.5. The number of nitrogens with zero attached hydrogens (tertiary/aromatic N) is 4. The van der Waals surface area contributed by atoms with E-state index in [1.165, 1.54) is 6.33 Å². The predicted octanol–water partition coefficient (Wildman–Crippen LogP) is -0.718. The molecule has 25 heavy (non-hydrogen) atoms. The third-order valence-corrected chi connectivity index (χ3v) is 4.96. The Balaban J connectivity index is 1.87. The number of imidazole rings is 1. The van der Waals surface area contributed by atoms with Gasteiger partial charge in [0.2, 0.25) is 0 Å². The highest BCUT2D eigenvalue weighted by molar-refractivity contribution is 7.84. The normalized spacial score (nSPS) is 27.2. The summed E-state index contributed by atoms with van der Waals surface area (Å²) in [4.78, 5) is 12.8. The predicted molar refractivity (Wildman–Crippen MR) is 87.5 cm³/mol. The number of hydrogen-bond donors (Lipinski definition) is 3. The van der Waals surface area contributed by atoms with Crippen molar-refractivity contribution in [2.45, 2.75) is 44.4 Å². The molecule has 0 saturated heterocycles. The fraction of sp³-hybridized carbons (Fsp3) is 0.643. The van der Waals surface area contributed by atoms with Gasteiger partial charge < -0.3 is 14.8 Å². The molecule has 1 saturated carbocycles. The second-order valence-electron chi connectivity index (χ2n) is 6.22. The van der Waals surface area contributed by atoms with E-state index >= 15 is 0 Å². The second-order valence-corrected chi connectivity index (χ2v) is 7.44. The topological polar surface area (TPSA) is 153 Å². The van der Waals surface area contributed by atoms with E-state index < -0.39 is 34.5 Å². The number of aliphatic hydroxyl groups is 2. The van der Waals surface area contributed by atoms with Crippen molar-refractivity contribution in [1.29, 1.82) is 0 Å². The van der Waals surface area contributed by atoms with Crippen LogP contribution in [0.4, 0.5) is 0 Å². The molecule has 0 bridgehead atoms. The van der Waals surface area contributed by atoms with E-state index in [9.17, 15) is 18.6 Å².